The zero-order valence-corrected chi connectivity index (χ0v) is 14.3. The van der Waals surface area contributed by atoms with Crippen molar-refractivity contribution in [2.75, 3.05) is 23.3 Å². The molecule has 6 nitrogen and oxygen atoms in total. The highest BCUT2D eigenvalue weighted by Gasteiger charge is 2.21. The average molecular weight is 345 g/mol. The Labute approximate surface area is 151 Å². The van der Waals surface area contributed by atoms with Gasteiger partial charge < -0.3 is 15.3 Å². The zero-order valence-electron chi connectivity index (χ0n) is 14.3. The number of hydrogen-bond donors (Lipinski definition) is 2. The second kappa shape index (κ2) is 6.89. The Kier molecular flexibility index (Phi) is 4.28. The van der Waals surface area contributed by atoms with Gasteiger partial charge in [0, 0.05) is 53.9 Å². The molecule has 1 fully saturated rings. The van der Waals surface area contributed by atoms with E-state index in [0.717, 1.165) is 48.2 Å². The minimum absolute atomic E-state index is 0.144. The molecule has 0 spiro atoms. The number of aromatic nitrogens is 2. The molecule has 3 aromatic rings. The van der Waals surface area contributed by atoms with Gasteiger partial charge in [-0.05, 0) is 37.1 Å². The summed E-state index contributed by atoms with van der Waals surface area (Å²) in [7, 11) is 0. The lowest BCUT2D eigenvalue weighted by molar-refractivity contribution is 0.475. The fourth-order valence-corrected chi connectivity index (χ4v) is 3.32. The summed E-state index contributed by atoms with van der Waals surface area (Å²) < 4.78 is 0. The molecule has 6 heteroatoms. The minimum atomic E-state index is 0.144. The number of fused-ring (bicyclic) bond motifs is 1. The smallest absolute Gasteiger partial charge is 0.136 e. The van der Waals surface area contributed by atoms with Gasteiger partial charge in [0.1, 0.15) is 17.4 Å². The summed E-state index contributed by atoms with van der Waals surface area (Å²) in [5.74, 6) is 1.98. The maximum absolute atomic E-state index is 9.62. The normalized spacial score (nSPS) is 15.0. The molecule has 1 aromatic carbocycles. The first kappa shape index (κ1) is 16.2. The van der Waals surface area contributed by atoms with Gasteiger partial charge in [0.2, 0.25) is 0 Å². The maximum Gasteiger partial charge on any atom is 0.136 e. The molecule has 0 bridgehead atoms. The standard InChI is InChI=1S/C20H19N5O/c21-12-14-5-8-25(9-6-14)20-18-11-19(23-13-15(18)4-7-22-20)24-16-2-1-3-17(26)10-16/h1-4,7,10-11,13-14,26H,5-6,8-9H2,(H,23,24). The summed E-state index contributed by atoms with van der Waals surface area (Å²) in [5.41, 5.74) is 0.775. The van der Waals surface area contributed by atoms with E-state index in [0.29, 0.717) is 5.82 Å². The van der Waals surface area contributed by atoms with Crippen molar-refractivity contribution in [3.63, 3.8) is 0 Å². The maximum atomic E-state index is 9.62. The number of phenolic OH excluding ortho intramolecular Hbond substituents is 1. The molecule has 0 saturated carbocycles. The topological polar surface area (TPSA) is 85.1 Å². The fourth-order valence-electron chi connectivity index (χ4n) is 3.32. The van der Waals surface area contributed by atoms with Gasteiger partial charge >= 0.3 is 0 Å². The van der Waals surface area contributed by atoms with Crippen molar-refractivity contribution in [2.45, 2.75) is 12.8 Å². The molecule has 0 radical (unpaired) electrons. The van der Waals surface area contributed by atoms with Crippen molar-refractivity contribution in [1.29, 1.82) is 5.26 Å². The number of nitrogens with zero attached hydrogens (tertiary/aromatic N) is 4. The van der Waals surface area contributed by atoms with E-state index < -0.39 is 0 Å². The number of anilines is 3. The van der Waals surface area contributed by atoms with Crippen LogP contribution in [0, 0.1) is 17.2 Å². The van der Waals surface area contributed by atoms with E-state index in [1.807, 2.05) is 24.4 Å². The molecule has 1 aliphatic rings. The van der Waals surface area contributed by atoms with Gasteiger partial charge in [-0.3, -0.25) is 0 Å². The minimum Gasteiger partial charge on any atom is -0.508 e. The van der Waals surface area contributed by atoms with Gasteiger partial charge in [0.15, 0.2) is 0 Å². The van der Waals surface area contributed by atoms with Crippen molar-refractivity contribution >= 4 is 28.1 Å². The van der Waals surface area contributed by atoms with Gasteiger partial charge in [-0.15, -0.1) is 0 Å². The molecule has 0 aliphatic carbocycles. The summed E-state index contributed by atoms with van der Waals surface area (Å²) in [6.07, 6.45) is 5.37. The third kappa shape index (κ3) is 3.24. The highest BCUT2D eigenvalue weighted by molar-refractivity contribution is 5.93. The van der Waals surface area contributed by atoms with Crippen LogP contribution in [0.4, 0.5) is 17.3 Å². The third-order valence-corrected chi connectivity index (χ3v) is 4.72. The van der Waals surface area contributed by atoms with Crippen LogP contribution in [0.3, 0.4) is 0 Å². The first-order valence-corrected chi connectivity index (χ1v) is 8.68. The Bertz CT molecular complexity index is 973. The van der Waals surface area contributed by atoms with Crippen LogP contribution in [0.2, 0.25) is 0 Å². The van der Waals surface area contributed by atoms with Crippen LogP contribution in [0.25, 0.3) is 10.8 Å². The molecule has 0 amide bonds. The Balaban J connectivity index is 1.65. The van der Waals surface area contributed by atoms with Crippen LogP contribution >= 0.6 is 0 Å². The summed E-state index contributed by atoms with van der Waals surface area (Å²) in [5, 5.41) is 24.0. The van der Waals surface area contributed by atoms with E-state index >= 15 is 0 Å². The molecule has 4 rings (SSSR count). The number of pyridine rings is 2. The molecule has 2 aromatic heterocycles. The zero-order chi connectivity index (χ0) is 17.9. The van der Waals surface area contributed by atoms with Gasteiger partial charge in [-0.2, -0.15) is 5.26 Å². The lowest BCUT2D eigenvalue weighted by atomic mass is 9.98. The van der Waals surface area contributed by atoms with E-state index in [1.54, 1.807) is 24.4 Å². The van der Waals surface area contributed by atoms with E-state index in [4.69, 9.17) is 5.26 Å². The Hall–Kier alpha value is -3.33. The van der Waals surface area contributed by atoms with Crippen molar-refractivity contribution in [2.24, 2.45) is 5.92 Å². The van der Waals surface area contributed by atoms with Gasteiger partial charge in [-0.1, -0.05) is 6.07 Å². The molecule has 0 unspecified atom stereocenters. The van der Waals surface area contributed by atoms with Crippen molar-refractivity contribution < 1.29 is 5.11 Å². The molecule has 3 heterocycles. The first-order chi connectivity index (χ1) is 12.7. The lowest BCUT2D eigenvalue weighted by Crippen LogP contribution is -2.33. The third-order valence-electron chi connectivity index (χ3n) is 4.72. The second-order valence-corrected chi connectivity index (χ2v) is 6.49. The molecule has 1 aliphatic heterocycles. The summed E-state index contributed by atoms with van der Waals surface area (Å²) in [4.78, 5) is 11.3. The van der Waals surface area contributed by atoms with Crippen LogP contribution < -0.4 is 10.2 Å². The molecular formula is C20H19N5O. The van der Waals surface area contributed by atoms with Crippen molar-refractivity contribution in [3.8, 4) is 11.8 Å². The van der Waals surface area contributed by atoms with Crippen LogP contribution in [-0.2, 0) is 0 Å². The van der Waals surface area contributed by atoms with Crippen LogP contribution in [-0.4, -0.2) is 28.2 Å². The predicted octanol–water partition coefficient (Wildman–Crippen LogP) is 3.82. The molecule has 2 N–H and O–H groups in total. The SMILES string of the molecule is N#CC1CCN(c2nccc3cnc(Nc4cccc(O)c4)cc23)CC1. The fraction of sp³-hybridized carbons (Fsp3) is 0.250. The number of aromatic hydroxyl groups is 1. The van der Waals surface area contributed by atoms with Gasteiger partial charge in [0.25, 0.3) is 0 Å². The lowest BCUT2D eigenvalue weighted by Gasteiger charge is -2.30. The number of nitriles is 1. The quantitative estimate of drug-likeness (QED) is 0.751. The van der Waals surface area contributed by atoms with E-state index in [1.165, 1.54) is 0 Å². The summed E-state index contributed by atoms with van der Waals surface area (Å²) in [6, 6.07) is 13.2. The average Bonchev–Trinajstić information content (AvgIpc) is 2.68. The monoisotopic (exact) mass is 345 g/mol. The molecule has 1 saturated heterocycles. The largest absolute Gasteiger partial charge is 0.508 e. The Morgan fingerprint density at radius 1 is 1.15 bits per heavy atom. The number of phenols is 1. The number of rotatable bonds is 3. The number of piperidine rings is 1. The van der Waals surface area contributed by atoms with E-state index in [2.05, 4.69) is 26.3 Å². The molecule has 130 valence electrons. The molecular weight excluding hydrogens is 326 g/mol. The van der Waals surface area contributed by atoms with E-state index in [9.17, 15) is 5.11 Å². The highest BCUT2D eigenvalue weighted by Crippen LogP contribution is 2.30. The second-order valence-electron chi connectivity index (χ2n) is 6.49. The summed E-state index contributed by atoms with van der Waals surface area (Å²) >= 11 is 0. The Morgan fingerprint density at radius 2 is 2.00 bits per heavy atom. The van der Waals surface area contributed by atoms with Crippen LogP contribution in [0.1, 0.15) is 12.8 Å². The number of benzene rings is 1. The number of hydrogen-bond acceptors (Lipinski definition) is 6. The van der Waals surface area contributed by atoms with Gasteiger partial charge in [-0.25, -0.2) is 9.97 Å². The predicted molar refractivity (Wildman–Crippen MR) is 101 cm³/mol. The highest BCUT2D eigenvalue weighted by atomic mass is 16.3. The first-order valence-electron chi connectivity index (χ1n) is 8.68. The van der Waals surface area contributed by atoms with Crippen LogP contribution in [0.15, 0.2) is 48.8 Å². The molecule has 0 atom stereocenters. The van der Waals surface area contributed by atoms with Crippen LogP contribution in [0.5, 0.6) is 5.75 Å². The van der Waals surface area contributed by atoms with Crippen molar-refractivity contribution in [1.82, 2.24) is 9.97 Å². The van der Waals surface area contributed by atoms with Crippen molar-refractivity contribution in [3.05, 3.63) is 48.8 Å². The number of nitrogens with one attached hydrogen (secondary N) is 1. The molecule has 26 heavy (non-hydrogen) atoms. The van der Waals surface area contributed by atoms with E-state index in [-0.39, 0.29) is 11.7 Å². The van der Waals surface area contributed by atoms with Gasteiger partial charge in [0.05, 0.1) is 6.07 Å². The summed E-state index contributed by atoms with van der Waals surface area (Å²) in [6.45, 7) is 1.67. The Morgan fingerprint density at radius 3 is 2.77 bits per heavy atom.